The Bertz CT molecular complexity index is 3610. The third kappa shape index (κ3) is 5.89. The Morgan fingerprint density at radius 1 is 0.426 bits per heavy atom. The molecule has 1 spiro atoms. The molecule has 0 unspecified atom stereocenters. The number of hydrogen-bond donors (Lipinski definition) is 1. The highest BCUT2D eigenvalue weighted by Crippen LogP contribution is 2.64. The molecule has 0 fully saturated rings. The number of fused-ring (bicyclic) bond motifs is 16. The van der Waals surface area contributed by atoms with Gasteiger partial charge >= 0.3 is 0 Å². The van der Waals surface area contributed by atoms with Crippen LogP contribution in [-0.4, -0.2) is 7.11 Å². The molecule has 9 heteroatoms. The van der Waals surface area contributed by atoms with E-state index in [1.54, 1.807) is 7.11 Å². The smallest absolute Gasteiger partial charge is 0.293 e. The average Bonchev–Trinajstić information content (AvgIpc) is 3.83. The molecule has 3 aliphatic rings. The van der Waals surface area contributed by atoms with Gasteiger partial charge in [0.1, 0.15) is 34.5 Å². The summed E-state index contributed by atoms with van der Waals surface area (Å²) in [6.45, 7) is 0. The van der Waals surface area contributed by atoms with Gasteiger partial charge in [0.15, 0.2) is 0 Å². The zero-order chi connectivity index (χ0) is 45.7. The van der Waals surface area contributed by atoms with E-state index in [1.165, 1.54) is 44.5 Å². The molecule has 13 rings (SSSR count). The largest absolute Gasteiger partial charge is 0.497 e. The van der Waals surface area contributed by atoms with Crippen LogP contribution in [0, 0.1) is 0 Å². The molecule has 0 bridgehead atoms. The Morgan fingerprint density at radius 3 is 1.47 bits per heavy atom. The second-order valence-corrected chi connectivity index (χ2v) is 19.7. The molecule has 5 nitrogen and oxygen atoms in total. The molecule has 0 N–H and O–H groups in total. The van der Waals surface area contributed by atoms with E-state index in [1.807, 2.05) is 48.5 Å². The first kappa shape index (κ1) is 41.6. The van der Waals surface area contributed by atoms with E-state index in [4.69, 9.17) is 22.0 Å². The van der Waals surface area contributed by atoms with Gasteiger partial charge in [0, 0.05) is 54.5 Å². The van der Waals surface area contributed by atoms with Crippen LogP contribution >= 0.6 is 57.1 Å². The van der Waals surface area contributed by atoms with E-state index in [2.05, 4.69) is 190 Å². The maximum Gasteiger partial charge on any atom is 0.293 e. The first-order valence-corrected chi connectivity index (χ1v) is 24.7. The predicted molar refractivity (Wildman–Crippen MR) is 283 cm³/mol. The van der Waals surface area contributed by atoms with Crippen molar-refractivity contribution in [3.05, 3.63) is 248 Å². The van der Waals surface area contributed by atoms with E-state index in [-0.39, 0.29) is 0 Å². The maximum atomic E-state index is 7.23. The highest BCUT2D eigenvalue weighted by molar-refractivity contribution is 9.10. The van der Waals surface area contributed by atoms with Crippen LogP contribution in [0.2, 0.25) is 0 Å². The van der Waals surface area contributed by atoms with Crippen LogP contribution in [0.1, 0.15) is 44.5 Å². The molecule has 0 saturated carbocycles. The van der Waals surface area contributed by atoms with Crippen LogP contribution in [0.4, 0.5) is 0 Å². The van der Waals surface area contributed by atoms with Gasteiger partial charge < -0.3 is 22.0 Å². The molecule has 1 heterocycles. The third-order valence-corrected chi connectivity index (χ3v) is 15.8. The van der Waals surface area contributed by atoms with Gasteiger partial charge in [-0.3, -0.25) is 0 Å². The van der Waals surface area contributed by atoms with Gasteiger partial charge in [-0.05, 0) is 128 Å². The van der Waals surface area contributed by atoms with Crippen molar-refractivity contribution in [2.75, 3.05) is 7.11 Å². The van der Waals surface area contributed by atoms with Crippen molar-refractivity contribution in [1.29, 1.82) is 0 Å². The maximum absolute atomic E-state index is 7.23. The molecular weight excluding hydrogens is 1010 g/mol. The molecule has 68 heavy (non-hydrogen) atoms. The van der Waals surface area contributed by atoms with E-state index in [0.717, 1.165) is 82.3 Å². The highest BCUT2D eigenvalue weighted by Gasteiger charge is 2.52. The Morgan fingerprint density at radius 2 is 0.926 bits per heavy atom. The van der Waals surface area contributed by atoms with Crippen molar-refractivity contribution in [2.45, 2.75) is 10.8 Å². The van der Waals surface area contributed by atoms with Gasteiger partial charge in [0.05, 0.1) is 17.9 Å². The molecule has 0 amide bonds. The second-order valence-electron chi connectivity index (χ2n) is 17.2. The fourth-order valence-corrected chi connectivity index (χ4v) is 12.7. The summed E-state index contributed by atoms with van der Waals surface area (Å²) in [7, 11) is 1.70. The molecule has 0 saturated heterocycles. The fourth-order valence-electron chi connectivity index (χ4n) is 11.4. The van der Waals surface area contributed by atoms with Crippen molar-refractivity contribution in [1.82, 2.24) is 0 Å². The number of halogens is 2. The minimum atomic E-state index is -0.654. The Hall–Kier alpha value is -6.62. The number of benzene rings is 10. The van der Waals surface area contributed by atoms with Crippen LogP contribution in [-0.2, 0) is 10.8 Å². The van der Waals surface area contributed by atoms with Crippen molar-refractivity contribution >= 4 is 78.6 Å². The van der Waals surface area contributed by atoms with E-state index >= 15 is 0 Å². The Labute approximate surface area is 419 Å². The molecule has 328 valence electrons. The summed E-state index contributed by atoms with van der Waals surface area (Å²) < 4.78 is 33.2. The van der Waals surface area contributed by atoms with Gasteiger partial charge in [0.2, 0.25) is 0 Å². The topological polar surface area (TPSA) is 46.2 Å². The number of hydrogen-bond acceptors (Lipinski definition) is 7. The number of ether oxygens (including phenoxy) is 2. The monoisotopic (exact) mass is 1050 g/mol. The van der Waals surface area contributed by atoms with Crippen molar-refractivity contribution in [2.24, 2.45) is 0 Å². The molecule has 0 atom stereocenters. The zero-order valence-corrected chi connectivity index (χ0v) is 41.0. The predicted octanol–water partition coefficient (Wildman–Crippen LogP) is 16.6. The number of thiol groups is 1. The molecule has 10 aromatic carbocycles. The lowest BCUT2D eigenvalue weighted by Gasteiger charge is -2.40. The minimum Gasteiger partial charge on any atom is -0.497 e. The number of methoxy groups -OCH3 is 1. The van der Waals surface area contributed by atoms with Gasteiger partial charge in [0.25, 0.3) is 12.3 Å². The van der Waals surface area contributed by atoms with Gasteiger partial charge in [-0.2, -0.15) is 0 Å². The SMILES string of the molecule is COc1ccc(C2(c3ccc(OSOc4cccc5c6c(ccc45)C4(c5ccccc5-c5ccccc54)c4ccc5c(OS)cccc5c4O6)cc3)c3cc(Br)ccc3-c3ccc(Br)cc32)cc1. The molecular formula is C59H36Br2O5S2. The summed E-state index contributed by atoms with van der Waals surface area (Å²) in [6.07, 6.45) is 0. The first-order valence-electron chi connectivity index (χ1n) is 22.1. The van der Waals surface area contributed by atoms with Crippen LogP contribution < -0.4 is 22.0 Å². The van der Waals surface area contributed by atoms with Crippen LogP contribution in [0.15, 0.2) is 203 Å². The third-order valence-electron chi connectivity index (χ3n) is 14.1. The molecule has 10 aromatic rings. The molecule has 0 aromatic heterocycles. The van der Waals surface area contributed by atoms with Gasteiger partial charge in [-0.1, -0.05) is 153 Å². The molecule has 2 aliphatic carbocycles. The second kappa shape index (κ2) is 16.0. The summed E-state index contributed by atoms with van der Waals surface area (Å²) >= 11 is 12.8. The average molecular weight is 1050 g/mol. The lowest BCUT2D eigenvalue weighted by Crippen LogP contribution is -2.32. The number of rotatable bonds is 8. The zero-order valence-electron chi connectivity index (χ0n) is 36.1. The lowest BCUT2D eigenvalue weighted by molar-refractivity contribution is 0.414. The normalized spacial score (nSPS) is 14.0. The van der Waals surface area contributed by atoms with Crippen LogP contribution in [0.3, 0.4) is 0 Å². The first-order chi connectivity index (χ1) is 33.4. The molecule has 0 radical (unpaired) electrons. The van der Waals surface area contributed by atoms with Crippen LogP contribution in [0.25, 0.3) is 43.8 Å². The van der Waals surface area contributed by atoms with Gasteiger partial charge in [-0.15, -0.1) is 0 Å². The van der Waals surface area contributed by atoms with E-state index < -0.39 is 10.8 Å². The minimum absolute atomic E-state index is 0.618. The summed E-state index contributed by atoms with van der Waals surface area (Å²) in [4.78, 5) is 0. The summed E-state index contributed by atoms with van der Waals surface area (Å²) in [5, 5.41) is 3.68. The van der Waals surface area contributed by atoms with Crippen molar-refractivity contribution in [3.63, 3.8) is 0 Å². The summed E-state index contributed by atoms with van der Waals surface area (Å²) in [6, 6.07) is 68.2. The van der Waals surface area contributed by atoms with E-state index in [0.29, 0.717) is 17.2 Å². The standard InChI is InChI=1S/C59H36Br2O5S2/c1-62-38-22-16-34(17-23-38)58(52-32-36(60)20-26-42(52)43-27-21-37(61)33-53(43)58)35-18-24-39(25-19-35)65-68-66-55-15-7-11-47-45(55)29-31-51-57(47)63-56-46-10-6-14-54(64-67)44(46)28-30-50(56)59(51)48-12-4-2-8-40(48)41-9-3-5-13-49(41)59/h2-33,67H,1H3. The van der Waals surface area contributed by atoms with E-state index in [9.17, 15) is 0 Å². The summed E-state index contributed by atoms with van der Waals surface area (Å²) in [5.41, 5.74) is 12.7. The Balaban J connectivity index is 0.878. The highest BCUT2D eigenvalue weighted by atomic mass is 79.9. The fraction of sp³-hybridized carbons (Fsp3) is 0.0508. The summed E-state index contributed by atoms with van der Waals surface area (Å²) in [5.74, 6) is 4.33. The Kier molecular flexibility index (Phi) is 9.77. The lowest BCUT2D eigenvalue weighted by atomic mass is 9.65. The van der Waals surface area contributed by atoms with Gasteiger partial charge in [-0.25, -0.2) is 0 Å². The molecule has 1 aliphatic heterocycles. The van der Waals surface area contributed by atoms with Crippen LogP contribution in [0.5, 0.6) is 34.5 Å². The van der Waals surface area contributed by atoms with Crippen molar-refractivity contribution < 1.29 is 22.0 Å². The quantitative estimate of drug-likeness (QED) is 0.121. The van der Waals surface area contributed by atoms with Crippen molar-refractivity contribution in [3.8, 4) is 56.8 Å².